The molecule has 0 aliphatic carbocycles. The topological polar surface area (TPSA) is 127 Å². The molecule has 1 amide bonds. The quantitative estimate of drug-likeness (QED) is 0.520. The summed E-state index contributed by atoms with van der Waals surface area (Å²) in [6, 6.07) is 23.1. The van der Waals surface area contributed by atoms with Crippen molar-refractivity contribution in [1.29, 1.82) is 0 Å². The van der Waals surface area contributed by atoms with Crippen LogP contribution in [0.4, 0.5) is 4.79 Å². The molecule has 0 unspecified atom stereocenters. The first kappa shape index (κ1) is 25.1. The highest BCUT2D eigenvalue weighted by atomic mass is 32.2. The average molecular weight is 478 g/mol. The lowest BCUT2D eigenvalue weighted by atomic mass is 10.2. The summed E-state index contributed by atoms with van der Waals surface area (Å²) < 4.78 is 60.0. The first-order chi connectivity index (χ1) is 15.1. The summed E-state index contributed by atoms with van der Waals surface area (Å²) in [4.78, 5) is 11.5. The first-order valence-electron chi connectivity index (χ1n) is 9.40. The van der Waals surface area contributed by atoms with E-state index < -0.39 is 26.2 Å². The lowest BCUT2D eigenvalue weighted by Gasteiger charge is -2.08. The van der Waals surface area contributed by atoms with Crippen molar-refractivity contribution < 1.29 is 30.9 Å². The number of sulfonamides is 1. The number of hydrogen-bond donors (Lipinski definition) is 2. The minimum Gasteiger partial charge on any atom is -0.448 e. The molecule has 0 heterocycles. The maximum Gasteiger partial charge on any atom is 0.421 e. The van der Waals surface area contributed by atoms with Crippen LogP contribution in [0.25, 0.3) is 0 Å². The van der Waals surface area contributed by atoms with Crippen LogP contribution >= 0.6 is 0 Å². The molecular weight excluding hydrogens is 454 g/mol. The van der Waals surface area contributed by atoms with Crippen LogP contribution in [0.15, 0.2) is 94.7 Å². The molecule has 0 aliphatic rings. The molecule has 0 aliphatic heterocycles. The van der Waals surface area contributed by atoms with Crippen molar-refractivity contribution in [3.05, 3.63) is 96.1 Å². The van der Waals surface area contributed by atoms with Crippen LogP contribution in [-0.4, -0.2) is 34.1 Å². The zero-order chi connectivity index (χ0) is 23.6. The number of nitrogens with one attached hydrogen (secondary N) is 1. The van der Waals surface area contributed by atoms with E-state index in [2.05, 4.69) is 0 Å². The van der Waals surface area contributed by atoms with Gasteiger partial charge in [0.15, 0.2) is 0 Å². The van der Waals surface area contributed by atoms with E-state index in [1.807, 2.05) is 42.0 Å². The maximum atomic E-state index is 12.0. The first-order valence-corrected chi connectivity index (χ1v) is 12.3. The Morgan fingerprint density at radius 1 is 0.812 bits per heavy atom. The summed E-state index contributed by atoms with van der Waals surface area (Å²) in [6.07, 6.45) is -0.449. The molecule has 0 fully saturated rings. The van der Waals surface area contributed by atoms with Gasteiger partial charge in [0.05, 0.1) is 16.4 Å². The van der Waals surface area contributed by atoms with Gasteiger partial charge in [-0.15, -0.1) is 0 Å². The molecule has 0 bridgehead atoms. The van der Waals surface area contributed by atoms with Crippen LogP contribution in [-0.2, 0) is 31.3 Å². The van der Waals surface area contributed by atoms with E-state index in [1.165, 1.54) is 24.3 Å². The van der Waals surface area contributed by atoms with Gasteiger partial charge < -0.3 is 4.74 Å². The number of aryl methyl sites for hydroxylation is 1. The van der Waals surface area contributed by atoms with Crippen LogP contribution in [0, 0.1) is 6.92 Å². The van der Waals surface area contributed by atoms with Gasteiger partial charge in [-0.1, -0.05) is 66.2 Å². The van der Waals surface area contributed by atoms with E-state index >= 15 is 0 Å². The summed E-state index contributed by atoms with van der Waals surface area (Å²) in [5, 5.41) is 0. The van der Waals surface area contributed by atoms with Crippen LogP contribution < -0.4 is 4.72 Å². The third-order valence-electron chi connectivity index (χ3n) is 4.06. The van der Waals surface area contributed by atoms with Gasteiger partial charge in [0.2, 0.25) is 0 Å². The predicted molar refractivity (Wildman–Crippen MR) is 119 cm³/mol. The summed E-state index contributed by atoms with van der Waals surface area (Å²) in [5.74, 6) is 0. The molecule has 3 aromatic rings. The second-order valence-corrected chi connectivity index (χ2v) is 9.68. The SMILES string of the molecule is Cc1ccc(S(=O)(=O)NC(=O)OCCc2ccccc2)cc1.O=S(=O)(O)c1ccccc1. The second kappa shape index (κ2) is 11.4. The second-order valence-electron chi connectivity index (χ2n) is 6.58. The number of rotatable bonds is 6. The number of carbonyl (C=O) groups excluding carboxylic acids is 1. The smallest absolute Gasteiger partial charge is 0.421 e. The number of benzene rings is 3. The molecule has 32 heavy (non-hydrogen) atoms. The van der Waals surface area contributed by atoms with Crippen molar-refractivity contribution in [2.45, 2.75) is 23.1 Å². The van der Waals surface area contributed by atoms with Crippen LogP contribution in [0.2, 0.25) is 0 Å². The molecule has 0 aromatic heterocycles. The Balaban J connectivity index is 0.000000303. The van der Waals surface area contributed by atoms with E-state index in [4.69, 9.17) is 9.29 Å². The Kier molecular flexibility index (Phi) is 8.94. The Hall–Kier alpha value is -3.21. The zero-order valence-corrected chi connectivity index (χ0v) is 18.8. The third kappa shape index (κ3) is 8.50. The highest BCUT2D eigenvalue weighted by Gasteiger charge is 2.18. The van der Waals surface area contributed by atoms with Crippen molar-refractivity contribution in [3.8, 4) is 0 Å². The third-order valence-corrected chi connectivity index (χ3v) is 6.25. The van der Waals surface area contributed by atoms with Crippen molar-refractivity contribution in [2.24, 2.45) is 0 Å². The van der Waals surface area contributed by atoms with E-state index in [1.54, 1.807) is 30.3 Å². The molecule has 10 heteroatoms. The van der Waals surface area contributed by atoms with E-state index in [-0.39, 0.29) is 16.4 Å². The largest absolute Gasteiger partial charge is 0.448 e. The highest BCUT2D eigenvalue weighted by Crippen LogP contribution is 2.10. The minimum atomic E-state index is -4.00. The molecule has 0 saturated heterocycles. The summed E-state index contributed by atoms with van der Waals surface area (Å²) >= 11 is 0. The molecule has 170 valence electrons. The van der Waals surface area contributed by atoms with Gasteiger partial charge in [0, 0.05) is 6.42 Å². The molecular formula is C22H23NO7S2. The van der Waals surface area contributed by atoms with Gasteiger partial charge in [0.1, 0.15) is 0 Å². The van der Waals surface area contributed by atoms with Crippen molar-refractivity contribution in [1.82, 2.24) is 4.72 Å². The van der Waals surface area contributed by atoms with E-state index in [9.17, 15) is 21.6 Å². The fourth-order valence-corrected chi connectivity index (χ4v) is 3.81. The summed E-state index contributed by atoms with van der Waals surface area (Å²) in [5.41, 5.74) is 1.95. The van der Waals surface area contributed by atoms with Crippen LogP contribution in [0.3, 0.4) is 0 Å². The average Bonchev–Trinajstić information content (AvgIpc) is 2.75. The summed E-state index contributed by atoms with van der Waals surface area (Å²) in [6.45, 7) is 1.96. The number of ether oxygens (including phenoxy) is 1. The predicted octanol–water partition coefficient (Wildman–Crippen LogP) is 3.59. The Morgan fingerprint density at radius 2 is 1.34 bits per heavy atom. The van der Waals surface area contributed by atoms with Crippen molar-refractivity contribution in [3.63, 3.8) is 0 Å². The number of amides is 1. The number of hydrogen-bond acceptors (Lipinski definition) is 6. The van der Waals surface area contributed by atoms with Gasteiger partial charge in [-0.2, -0.15) is 8.42 Å². The molecule has 0 saturated carbocycles. The van der Waals surface area contributed by atoms with E-state index in [0.717, 1.165) is 11.1 Å². The highest BCUT2D eigenvalue weighted by molar-refractivity contribution is 7.90. The molecule has 0 spiro atoms. The van der Waals surface area contributed by atoms with Gasteiger partial charge in [-0.3, -0.25) is 4.55 Å². The zero-order valence-electron chi connectivity index (χ0n) is 17.2. The monoisotopic (exact) mass is 477 g/mol. The lowest BCUT2D eigenvalue weighted by Crippen LogP contribution is -2.31. The number of carbonyl (C=O) groups is 1. The fraction of sp³-hybridized carbons (Fsp3) is 0.136. The van der Waals surface area contributed by atoms with Gasteiger partial charge in [-0.25, -0.2) is 17.9 Å². The molecule has 3 rings (SSSR count). The standard InChI is InChI=1S/C16H17NO4S.C6H6O3S/c1-13-7-9-15(10-8-13)22(19,20)17-16(18)21-12-11-14-5-3-2-4-6-14;7-10(8,9)6-4-2-1-3-5-6/h2-10H,11-12H2,1H3,(H,17,18);1-5H,(H,7,8,9). The van der Waals surface area contributed by atoms with Gasteiger partial charge >= 0.3 is 6.09 Å². The molecule has 0 radical (unpaired) electrons. The maximum absolute atomic E-state index is 12.0. The van der Waals surface area contributed by atoms with Crippen molar-refractivity contribution >= 4 is 26.2 Å². The van der Waals surface area contributed by atoms with Crippen molar-refractivity contribution in [2.75, 3.05) is 6.61 Å². The molecule has 0 atom stereocenters. The Bertz CT molecular complexity index is 1210. The minimum absolute atomic E-state index is 0.0260. The molecule has 3 aromatic carbocycles. The normalized spacial score (nSPS) is 11.1. The van der Waals surface area contributed by atoms with Gasteiger partial charge in [0.25, 0.3) is 20.1 Å². The Labute approximate surface area is 187 Å². The fourth-order valence-electron chi connectivity index (χ4n) is 2.41. The lowest BCUT2D eigenvalue weighted by molar-refractivity contribution is 0.154. The van der Waals surface area contributed by atoms with Gasteiger partial charge in [-0.05, 0) is 36.8 Å². The Morgan fingerprint density at radius 3 is 1.84 bits per heavy atom. The van der Waals surface area contributed by atoms with E-state index in [0.29, 0.717) is 6.42 Å². The van der Waals surface area contributed by atoms with Crippen LogP contribution in [0.1, 0.15) is 11.1 Å². The summed E-state index contributed by atoms with van der Waals surface area (Å²) in [7, 11) is -7.90. The van der Waals surface area contributed by atoms with Crippen LogP contribution in [0.5, 0.6) is 0 Å². The molecule has 2 N–H and O–H groups in total. The molecule has 8 nitrogen and oxygen atoms in total.